The summed E-state index contributed by atoms with van der Waals surface area (Å²) in [6.07, 6.45) is 3.28. The van der Waals surface area contributed by atoms with Crippen molar-refractivity contribution >= 4 is 5.91 Å². The smallest absolute Gasteiger partial charge is 0.259 e. The van der Waals surface area contributed by atoms with E-state index in [4.69, 9.17) is 9.26 Å². The second kappa shape index (κ2) is 7.61. The summed E-state index contributed by atoms with van der Waals surface area (Å²) in [7, 11) is 1.62. The highest BCUT2D eigenvalue weighted by Crippen LogP contribution is 2.27. The molecule has 0 saturated carbocycles. The maximum Gasteiger partial charge on any atom is 0.259 e. The molecule has 1 aromatic heterocycles. The van der Waals surface area contributed by atoms with E-state index in [9.17, 15) is 4.79 Å². The Balaban J connectivity index is 1.64. The minimum absolute atomic E-state index is 0.0227. The van der Waals surface area contributed by atoms with E-state index in [0.717, 1.165) is 37.2 Å². The molecular formula is C21H21N3O3. The second-order valence-corrected chi connectivity index (χ2v) is 6.55. The highest BCUT2D eigenvalue weighted by atomic mass is 16.5. The standard InChI is InChI=1S/C21H21N3O3/c1-26-16-11-9-15(10-12-16)19-22-20(27-23-19)17-7-3-4-8-18(17)21(25)24-13-5-2-6-14-24/h3-4,7-12H,2,5-6,13-14H2,1H3. The molecule has 1 aliphatic heterocycles. The fraction of sp³-hybridized carbons (Fsp3) is 0.286. The largest absolute Gasteiger partial charge is 0.497 e. The zero-order chi connectivity index (χ0) is 18.6. The molecule has 0 radical (unpaired) electrons. The van der Waals surface area contributed by atoms with Crippen LogP contribution in [-0.4, -0.2) is 41.1 Å². The van der Waals surface area contributed by atoms with Crippen LogP contribution in [0.3, 0.4) is 0 Å². The number of aromatic nitrogens is 2. The van der Waals surface area contributed by atoms with Gasteiger partial charge in [-0.25, -0.2) is 0 Å². The van der Waals surface area contributed by atoms with Gasteiger partial charge in [-0.15, -0.1) is 0 Å². The van der Waals surface area contributed by atoms with Gasteiger partial charge in [0, 0.05) is 18.7 Å². The van der Waals surface area contributed by atoms with Gasteiger partial charge in [-0.2, -0.15) is 4.98 Å². The summed E-state index contributed by atoms with van der Waals surface area (Å²) in [5.74, 6) is 1.61. The molecule has 1 fully saturated rings. The first-order valence-electron chi connectivity index (χ1n) is 9.13. The van der Waals surface area contributed by atoms with Crippen LogP contribution in [0.25, 0.3) is 22.8 Å². The summed E-state index contributed by atoms with van der Waals surface area (Å²) in [5, 5.41) is 4.08. The molecule has 0 spiro atoms. The molecule has 27 heavy (non-hydrogen) atoms. The number of nitrogens with zero attached hydrogens (tertiary/aromatic N) is 3. The first-order chi connectivity index (χ1) is 13.3. The number of carbonyl (C=O) groups excluding carboxylic acids is 1. The minimum Gasteiger partial charge on any atom is -0.497 e. The van der Waals surface area contributed by atoms with Crippen LogP contribution in [0.5, 0.6) is 5.75 Å². The molecule has 1 amide bonds. The Hall–Kier alpha value is -3.15. The van der Waals surface area contributed by atoms with Crippen molar-refractivity contribution in [2.75, 3.05) is 20.2 Å². The van der Waals surface area contributed by atoms with E-state index in [1.54, 1.807) is 7.11 Å². The molecule has 138 valence electrons. The van der Waals surface area contributed by atoms with Gasteiger partial charge in [0.05, 0.1) is 18.2 Å². The molecule has 2 heterocycles. The van der Waals surface area contributed by atoms with Crippen LogP contribution < -0.4 is 4.74 Å². The lowest BCUT2D eigenvalue weighted by molar-refractivity contribution is 0.0725. The number of amides is 1. The van der Waals surface area contributed by atoms with Crippen LogP contribution in [0.2, 0.25) is 0 Å². The van der Waals surface area contributed by atoms with Crippen LogP contribution in [0.4, 0.5) is 0 Å². The Morgan fingerprint density at radius 2 is 1.78 bits per heavy atom. The molecule has 0 unspecified atom stereocenters. The third-order valence-corrected chi connectivity index (χ3v) is 4.81. The molecule has 6 nitrogen and oxygen atoms in total. The first kappa shape index (κ1) is 17.3. The number of benzene rings is 2. The van der Waals surface area contributed by atoms with Gasteiger partial charge in [-0.05, 0) is 55.7 Å². The maximum atomic E-state index is 13.0. The van der Waals surface area contributed by atoms with E-state index in [0.29, 0.717) is 22.8 Å². The number of carbonyl (C=O) groups is 1. The van der Waals surface area contributed by atoms with Crippen molar-refractivity contribution in [1.82, 2.24) is 15.0 Å². The van der Waals surface area contributed by atoms with Crippen molar-refractivity contribution in [3.05, 3.63) is 54.1 Å². The van der Waals surface area contributed by atoms with Gasteiger partial charge < -0.3 is 14.2 Å². The number of rotatable bonds is 4. The van der Waals surface area contributed by atoms with E-state index in [2.05, 4.69) is 10.1 Å². The van der Waals surface area contributed by atoms with Crippen LogP contribution in [0.1, 0.15) is 29.6 Å². The molecule has 1 aliphatic rings. The van der Waals surface area contributed by atoms with Crippen molar-refractivity contribution in [2.45, 2.75) is 19.3 Å². The van der Waals surface area contributed by atoms with Crippen LogP contribution >= 0.6 is 0 Å². The van der Waals surface area contributed by atoms with Gasteiger partial charge in [0.25, 0.3) is 11.8 Å². The SMILES string of the molecule is COc1ccc(-c2noc(-c3ccccc3C(=O)N3CCCCC3)n2)cc1. The minimum atomic E-state index is 0.0227. The molecular weight excluding hydrogens is 342 g/mol. The van der Waals surface area contributed by atoms with Crippen LogP contribution in [-0.2, 0) is 0 Å². The van der Waals surface area contributed by atoms with Crippen molar-refractivity contribution < 1.29 is 14.1 Å². The van der Waals surface area contributed by atoms with E-state index in [-0.39, 0.29) is 5.91 Å². The number of methoxy groups -OCH3 is 1. The topological polar surface area (TPSA) is 68.5 Å². The molecule has 0 bridgehead atoms. The van der Waals surface area contributed by atoms with E-state index >= 15 is 0 Å². The Morgan fingerprint density at radius 3 is 2.52 bits per heavy atom. The van der Waals surface area contributed by atoms with Gasteiger partial charge in [-0.3, -0.25) is 4.79 Å². The predicted molar refractivity (Wildman–Crippen MR) is 101 cm³/mol. The zero-order valence-electron chi connectivity index (χ0n) is 15.2. The van der Waals surface area contributed by atoms with Gasteiger partial charge in [0.2, 0.25) is 5.82 Å². The van der Waals surface area contributed by atoms with E-state index in [1.807, 2.05) is 53.4 Å². The third-order valence-electron chi connectivity index (χ3n) is 4.81. The Bertz CT molecular complexity index is 928. The second-order valence-electron chi connectivity index (χ2n) is 6.55. The Labute approximate surface area is 157 Å². The average Bonchev–Trinajstić information content (AvgIpc) is 3.24. The summed E-state index contributed by atoms with van der Waals surface area (Å²) < 4.78 is 10.6. The Kier molecular flexibility index (Phi) is 4.87. The fourth-order valence-corrected chi connectivity index (χ4v) is 3.31. The monoisotopic (exact) mass is 363 g/mol. The quantitative estimate of drug-likeness (QED) is 0.700. The lowest BCUT2D eigenvalue weighted by Crippen LogP contribution is -2.35. The maximum absolute atomic E-state index is 13.0. The van der Waals surface area contributed by atoms with Gasteiger partial charge >= 0.3 is 0 Å². The first-order valence-corrected chi connectivity index (χ1v) is 9.13. The van der Waals surface area contributed by atoms with Gasteiger partial charge in [0.15, 0.2) is 0 Å². The summed E-state index contributed by atoms with van der Waals surface area (Å²) >= 11 is 0. The highest BCUT2D eigenvalue weighted by Gasteiger charge is 2.23. The molecule has 4 rings (SSSR count). The number of ether oxygens (including phenoxy) is 1. The lowest BCUT2D eigenvalue weighted by Gasteiger charge is -2.27. The van der Waals surface area contributed by atoms with Crippen molar-refractivity contribution in [3.8, 4) is 28.6 Å². The predicted octanol–water partition coefficient (Wildman–Crippen LogP) is 4.04. The van der Waals surface area contributed by atoms with Crippen molar-refractivity contribution in [1.29, 1.82) is 0 Å². The van der Waals surface area contributed by atoms with Crippen molar-refractivity contribution in [3.63, 3.8) is 0 Å². The molecule has 0 atom stereocenters. The lowest BCUT2D eigenvalue weighted by atomic mass is 10.0. The number of piperidine rings is 1. The number of likely N-dealkylation sites (tertiary alicyclic amines) is 1. The van der Waals surface area contributed by atoms with Gasteiger partial charge in [-0.1, -0.05) is 17.3 Å². The molecule has 0 N–H and O–H groups in total. The molecule has 6 heteroatoms. The summed E-state index contributed by atoms with van der Waals surface area (Å²) in [4.78, 5) is 19.4. The van der Waals surface area contributed by atoms with Gasteiger partial charge in [0.1, 0.15) is 5.75 Å². The molecule has 3 aromatic rings. The summed E-state index contributed by atoms with van der Waals surface area (Å²) in [6, 6.07) is 14.8. The third kappa shape index (κ3) is 3.56. The Morgan fingerprint density at radius 1 is 1.04 bits per heavy atom. The molecule has 0 aliphatic carbocycles. The van der Waals surface area contributed by atoms with Crippen LogP contribution in [0, 0.1) is 0 Å². The molecule has 1 saturated heterocycles. The summed E-state index contributed by atoms with van der Waals surface area (Å²) in [5.41, 5.74) is 2.09. The van der Waals surface area contributed by atoms with Crippen LogP contribution in [0.15, 0.2) is 53.1 Å². The van der Waals surface area contributed by atoms with E-state index in [1.165, 1.54) is 6.42 Å². The molecule has 2 aromatic carbocycles. The zero-order valence-corrected chi connectivity index (χ0v) is 15.2. The summed E-state index contributed by atoms with van der Waals surface area (Å²) in [6.45, 7) is 1.60. The van der Waals surface area contributed by atoms with E-state index < -0.39 is 0 Å². The number of hydrogen-bond donors (Lipinski definition) is 0. The van der Waals surface area contributed by atoms with Crippen molar-refractivity contribution in [2.24, 2.45) is 0 Å². The highest BCUT2D eigenvalue weighted by molar-refractivity contribution is 6.00. The average molecular weight is 363 g/mol. The number of hydrogen-bond acceptors (Lipinski definition) is 5. The fourth-order valence-electron chi connectivity index (χ4n) is 3.31. The normalized spacial score (nSPS) is 14.2.